The number of nitrogens with one attached hydrogen (secondary N) is 2. The highest BCUT2D eigenvalue weighted by atomic mass is 16.6. The van der Waals surface area contributed by atoms with Gasteiger partial charge in [-0.25, -0.2) is 4.79 Å². The van der Waals surface area contributed by atoms with Crippen LogP contribution in [0.15, 0.2) is 30.3 Å². The monoisotopic (exact) mass is 596 g/mol. The van der Waals surface area contributed by atoms with E-state index in [0.29, 0.717) is 24.9 Å². The first-order valence-corrected chi connectivity index (χ1v) is 15.0. The summed E-state index contributed by atoms with van der Waals surface area (Å²) in [5, 5.41) is 5.42. The van der Waals surface area contributed by atoms with Crippen LogP contribution in [-0.4, -0.2) is 71.1 Å². The molecule has 1 aromatic rings. The molecule has 1 aliphatic heterocycles. The highest BCUT2D eigenvalue weighted by molar-refractivity contribution is 6.38. The van der Waals surface area contributed by atoms with Crippen LogP contribution >= 0.6 is 0 Å². The maximum absolute atomic E-state index is 14.1. The summed E-state index contributed by atoms with van der Waals surface area (Å²) in [6.45, 7) is 13.3. The third-order valence-corrected chi connectivity index (χ3v) is 9.21. The van der Waals surface area contributed by atoms with Gasteiger partial charge in [0, 0.05) is 12.1 Å². The van der Waals surface area contributed by atoms with Gasteiger partial charge in [0.25, 0.3) is 5.91 Å². The van der Waals surface area contributed by atoms with E-state index in [1.54, 1.807) is 65.0 Å². The summed E-state index contributed by atoms with van der Waals surface area (Å²) in [7, 11) is 0. The van der Waals surface area contributed by atoms with E-state index >= 15 is 0 Å². The van der Waals surface area contributed by atoms with Crippen LogP contribution in [0.2, 0.25) is 0 Å². The largest absolute Gasteiger partial charge is 0.438 e. The molecule has 3 aliphatic rings. The van der Waals surface area contributed by atoms with E-state index < -0.39 is 59.2 Å². The average Bonchev–Trinajstić information content (AvgIpc) is 3.80. The lowest BCUT2D eigenvalue weighted by Crippen LogP contribution is -2.61. The Morgan fingerprint density at radius 1 is 1.00 bits per heavy atom. The standard InChI is InChI=1S/C32H44N4O7/c1-16(2)25(23(37)18-11-9-8-10-12-18)43-30(42)35-26(31(3,4)5)29(41)36-15-19-20(32(19,6)7)22(36)28(40)34-21(17-13-14-17)24(38)27(33)39/h8-12,16-17,19-22,25-26H,13-15H2,1-7H3,(H2,33,39)(H,34,40)(H,35,42)/t19-,20-,21?,22-,25-,26+/m0/s1. The van der Waals surface area contributed by atoms with Crippen molar-refractivity contribution in [1.29, 1.82) is 0 Å². The zero-order valence-corrected chi connectivity index (χ0v) is 26.0. The summed E-state index contributed by atoms with van der Waals surface area (Å²) in [5.41, 5.74) is 4.67. The molecule has 1 saturated heterocycles. The second kappa shape index (κ2) is 11.7. The third kappa shape index (κ3) is 6.60. The first kappa shape index (κ1) is 32.2. The second-order valence-corrected chi connectivity index (χ2v) is 14.2. The van der Waals surface area contributed by atoms with Gasteiger partial charge in [-0.2, -0.15) is 0 Å². The number of carbonyl (C=O) groups excluding carboxylic acids is 6. The van der Waals surface area contributed by atoms with E-state index in [9.17, 15) is 28.8 Å². The summed E-state index contributed by atoms with van der Waals surface area (Å²) >= 11 is 0. The molecule has 0 bridgehead atoms. The molecular weight excluding hydrogens is 552 g/mol. The highest BCUT2D eigenvalue weighted by Gasteiger charge is 2.70. The minimum atomic E-state index is -1.11. The fourth-order valence-corrected chi connectivity index (χ4v) is 6.37. The molecule has 4 amide bonds. The fourth-order valence-electron chi connectivity index (χ4n) is 6.37. The summed E-state index contributed by atoms with van der Waals surface area (Å²) in [5.74, 6) is -3.87. The summed E-state index contributed by atoms with van der Waals surface area (Å²) < 4.78 is 5.61. The van der Waals surface area contributed by atoms with Crippen LogP contribution in [0.5, 0.6) is 0 Å². The van der Waals surface area contributed by atoms with E-state index in [4.69, 9.17) is 10.5 Å². The number of piperidine rings is 1. The van der Waals surface area contributed by atoms with E-state index in [-0.39, 0.29) is 34.9 Å². The van der Waals surface area contributed by atoms with Crippen molar-refractivity contribution < 1.29 is 33.5 Å². The Labute approximate surface area is 252 Å². The Hall–Kier alpha value is -3.76. The smallest absolute Gasteiger partial charge is 0.408 e. The molecule has 11 heteroatoms. The number of primary amides is 1. The number of amides is 4. The molecule has 0 radical (unpaired) electrons. The normalized spacial score (nSPS) is 24.3. The molecule has 11 nitrogen and oxygen atoms in total. The van der Waals surface area contributed by atoms with E-state index in [0.717, 1.165) is 0 Å². The number of carbonyl (C=O) groups is 6. The minimum absolute atomic E-state index is 0.0554. The molecule has 0 aromatic heterocycles. The van der Waals surface area contributed by atoms with Crippen molar-refractivity contribution in [1.82, 2.24) is 15.5 Å². The van der Waals surface area contributed by atoms with Crippen LogP contribution in [0.3, 0.4) is 0 Å². The number of nitrogens with zero attached hydrogens (tertiary/aromatic N) is 1. The maximum atomic E-state index is 14.1. The molecule has 1 unspecified atom stereocenters. The van der Waals surface area contributed by atoms with Crippen molar-refractivity contribution in [3.8, 4) is 0 Å². The quantitative estimate of drug-likeness (QED) is 0.261. The molecule has 2 saturated carbocycles. The van der Waals surface area contributed by atoms with E-state index in [1.807, 2.05) is 13.8 Å². The lowest BCUT2D eigenvalue weighted by Gasteiger charge is -2.38. The zero-order chi connectivity index (χ0) is 32.0. The number of hydrogen-bond acceptors (Lipinski definition) is 7. The number of rotatable bonds is 11. The molecule has 3 fully saturated rings. The lowest BCUT2D eigenvalue weighted by atomic mass is 9.85. The van der Waals surface area contributed by atoms with Gasteiger partial charge in [-0.15, -0.1) is 0 Å². The van der Waals surface area contributed by atoms with Gasteiger partial charge in [0.05, 0.1) is 0 Å². The molecule has 234 valence electrons. The number of ketones is 2. The molecule has 1 aromatic carbocycles. The van der Waals surface area contributed by atoms with Gasteiger partial charge < -0.3 is 26.0 Å². The first-order valence-electron chi connectivity index (χ1n) is 15.0. The average molecular weight is 597 g/mol. The van der Waals surface area contributed by atoms with Gasteiger partial charge in [-0.3, -0.25) is 24.0 Å². The SMILES string of the molecule is CC(C)[C@H](OC(=O)N[C@H](C(=O)N1C[C@H]2[C@@H]([C@H]1C(=O)NC(C(=O)C(N)=O)C1CC1)C2(C)C)C(C)(C)C)C(=O)c1ccccc1. The molecule has 6 atom stereocenters. The van der Waals surface area contributed by atoms with Crippen molar-refractivity contribution in [2.45, 2.75) is 85.5 Å². The van der Waals surface area contributed by atoms with Crippen LogP contribution in [0.1, 0.15) is 71.7 Å². The Kier molecular flexibility index (Phi) is 8.77. The van der Waals surface area contributed by atoms with Crippen molar-refractivity contribution in [3.63, 3.8) is 0 Å². The molecule has 1 heterocycles. The first-order chi connectivity index (χ1) is 20.0. The van der Waals surface area contributed by atoms with Gasteiger partial charge >= 0.3 is 6.09 Å². The lowest BCUT2D eigenvalue weighted by molar-refractivity contribution is -0.145. The van der Waals surface area contributed by atoms with Crippen LogP contribution < -0.4 is 16.4 Å². The number of alkyl carbamates (subject to hydrolysis) is 1. The predicted octanol–water partition coefficient (Wildman–Crippen LogP) is 2.47. The summed E-state index contributed by atoms with van der Waals surface area (Å²) in [6.07, 6.45) is -0.601. The van der Waals surface area contributed by atoms with Crippen LogP contribution in [0, 0.1) is 34.5 Å². The topological polar surface area (TPSA) is 165 Å². The molecular formula is C32H44N4O7. The third-order valence-electron chi connectivity index (χ3n) is 9.21. The Morgan fingerprint density at radius 3 is 2.12 bits per heavy atom. The van der Waals surface area contributed by atoms with Gasteiger partial charge in [0.1, 0.15) is 18.1 Å². The number of ether oxygens (including phenoxy) is 1. The second-order valence-electron chi connectivity index (χ2n) is 14.2. The molecule has 2 aliphatic carbocycles. The zero-order valence-electron chi connectivity index (χ0n) is 26.0. The van der Waals surface area contributed by atoms with E-state index in [1.165, 1.54) is 4.90 Å². The van der Waals surface area contributed by atoms with Crippen LogP contribution in [0.25, 0.3) is 0 Å². The maximum Gasteiger partial charge on any atom is 0.408 e. The number of likely N-dealkylation sites (tertiary alicyclic amines) is 1. The Morgan fingerprint density at radius 2 is 1.60 bits per heavy atom. The summed E-state index contributed by atoms with van der Waals surface area (Å²) in [4.78, 5) is 79.8. The molecule has 4 N–H and O–H groups in total. The van der Waals surface area contributed by atoms with Gasteiger partial charge in [-0.1, -0.05) is 78.8 Å². The summed E-state index contributed by atoms with van der Waals surface area (Å²) in [6, 6.07) is 5.54. The highest BCUT2D eigenvalue weighted by Crippen LogP contribution is 2.65. The van der Waals surface area contributed by atoms with Crippen molar-refractivity contribution >= 4 is 35.4 Å². The van der Waals surface area contributed by atoms with Crippen molar-refractivity contribution in [2.75, 3.05) is 6.54 Å². The Balaban J connectivity index is 1.53. The molecule has 4 rings (SSSR count). The molecule has 43 heavy (non-hydrogen) atoms. The number of Topliss-reactive ketones (excluding diaryl/α,β-unsaturated/α-hetero) is 2. The Bertz CT molecular complexity index is 1300. The van der Waals surface area contributed by atoms with Gasteiger partial charge in [0.2, 0.25) is 23.4 Å². The molecule has 0 spiro atoms. The number of benzene rings is 1. The van der Waals surface area contributed by atoms with Crippen molar-refractivity contribution in [3.05, 3.63) is 35.9 Å². The number of hydrogen-bond donors (Lipinski definition) is 3. The van der Waals surface area contributed by atoms with E-state index in [2.05, 4.69) is 10.6 Å². The number of nitrogens with two attached hydrogens (primary N) is 1. The van der Waals surface area contributed by atoms with Gasteiger partial charge in [0.15, 0.2) is 6.10 Å². The number of fused-ring (bicyclic) bond motifs is 1. The van der Waals surface area contributed by atoms with Crippen LogP contribution in [0.4, 0.5) is 4.79 Å². The van der Waals surface area contributed by atoms with Crippen LogP contribution in [-0.2, 0) is 23.9 Å². The van der Waals surface area contributed by atoms with Gasteiger partial charge in [-0.05, 0) is 47.3 Å². The fraction of sp³-hybridized carbons (Fsp3) is 0.625. The minimum Gasteiger partial charge on any atom is -0.438 e. The predicted molar refractivity (Wildman–Crippen MR) is 157 cm³/mol. The van der Waals surface area contributed by atoms with Crippen molar-refractivity contribution in [2.24, 2.45) is 40.2 Å².